The molecule has 0 aromatic heterocycles. The van der Waals surface area contributed by atoms with Crippen molar-refractivity contribution in [2.45, 2.75) is 81.1 Å². The quantitative estimate of drug-likeness (QED) is 0.446. The van der Waals surface area contributed by atoms with E-state index in [4.69, 9.17) is 0 Å². The van der Waals surface area contributed by atoms with Gasteiger partial charge in [-0.2, -0.15) is 0 Å². The van der Waals surface area contributed by atoms with Gasteiger partial charge < -0.3 is 0 Å². The summed E-state index contributed by atoms with van der Waals surface area (Å²) in [6.45, 7) is 19.3. The monoisotopic (exact) mass is 254 g/mol. The lowest BCUT2D eigenvalue weighted by molar-refractivity contribution is 0.128. The molecule has 0 aliphatic carbocycles. The fourth-order valence-corrected chi connectivity index (χ4v) is 3.27. The second kappa shape index (κ2) is 8.99. The number of hydrogen-bond acceptors (Lipinski definition) is 0. The molecular formula is C18H38. The summed E-state index contributed by atoms with van der Waals surface area (Å²) in [6.07, 6.45) is 5.49. The Bertz CT molecular complexity index is 194. The van der Waals surface area contributed by atoms with Crippen LogP contribution in [0.15, 0.2) is 0 Å². The Morgan fingerprint density at radius 3 is 1.72 bits per heavy atom. The van der Waals surface area contributed by atoms with Crippen molar-refractivity contribution in [2.24, 2.45) is 35.5 Å². The molecular weight excluding hydrogens is 216 g/mol. The largest absolute Gasteiger partial charge is 0.0654 e. The van der Waals surface area contributed by atoms with E-state index in [1.807, 2.05) is 0 Å². The first-order valence-electron chi connectivity index (χ1n) is 8.34. The molecule has 0 aliphatic heterocycles. The highest BCUT2D eigenvalue weighted by atomic mass is 14.3. The van der Waals surface area contributed by atoms with Gasteiger partial charge in [0.1, 0.15) is 0 Å². The van der Waals surface area contributed by atoms with Gasteiger partial charge in [-0.15, -0.1) is 0 Å². The molecule has 18 heavy (non-hydrogen) atoms. The first-order chi connectivity index (χ1) is 8.34. The van der Waals surface area contributed by atoms with Crippen molar-refractivity contribution in [3.8, 4) is 0 Å². The van der Waals surface area contributed by atoms with Crippen LogP contribution in [0.2, 0.25) is 0 Å². The summed E-state index contributed by atoms with van der Waals surface area (Å²) in [7, 11) is 0. The van der Waals surface area contributed by atoms with Gasteiger partial charge in [0.05, 0.1) is 0 Å². The van der Waals surface area contributed by atoms with Crippen LogP contribution in [0.4, 0.5) is 0 Å². The van der Waals surface area contributed by atoms with Crippen molar-refractivity contribution in [3.63, 3.8) is 0 Å². The molecule has 5 unspecified atom stereocenters. The second-order valence-electron chi connectivity index (χ2n) is 7.14. The Hall–Kier alpha value is 0. The van der Waals surface area contributed by atoms with Crippen molar-refractivity contribution >= 4 is 0 Å². The summed E-state index contributed by atoms with van der Waals surface area (Å²) < 4.78 is 0. The predicted octanol–water partition coefficient (Wildman–Crippen LogP) is 6.40. The summed E-state index contributed by atoms with van der Waals surface area (Å²) >= 11 is 0. The highest BCUT2D eigenvalue weighted by Gasteiger charge is 2.29. The van der Waals surface area contributed by atoms with Gasteiger partial charge in [-0.25, -0.2) is 0 Å². The molecule has 110 valence electrons. The summed E-state index contributed by atoms with van der Waals surface area (Å²) in [5.74, 6) is 5.20. The van der Waals surface area contributed by atoms with Crippen LogP contribution >= 0.6 is 0 Å². The third kappa shape index (κ3) is 5.76. The van der Waals surface area contributed by atoms with E-state index < -0.39 is 0 Å². The fourth-order valence-electron chi connectivity index (χ4n) is 3.27. The lowest BCUT2D eigenvalue weighted by Crippen LogP contribution is -2.29. The lowest BCUT2D eigenvalue weighted by Gasteiger charge is -2.37. The topological polar surface area (TPSA) is 0 Å². The third-order valence-electron chi connectivity index (χ3n) is 5.40. The van der Waals surface area contributed by atoms with E-state index in [1.165, 1.54) is 25.7 Å². The zero-order chi connectivity index (χ0) is 14.3. The minimum Gasteiger partial charge on any atom is -0.0654 e. The average Bonchev–Trinajstić information content (AvgIpc) is 2.33. The van der Waals surface area contributed by atoms with Crippen molar-refractivity contribution in [3.05, 3.63) is 0 Å². The molecule has 0 fully saturated rings. The minimum atomic E-state index is 0.815. The Labute approximate surface area is 117 Å². The van der Waals surface area contributed by atoms with Gasteiger partial charge in [0.25, 0.3) is 0 Å². The third-order valence-corrected chi connectivity index (χ3v) is 5.40. The highest BCUT2D eigenvalue weighted by Crippen LogP contribution is 2.37. The average molecular weight is 255 g/mol. The zero-order valence-electron chi connectivity index (χ0n) is 14.3. The van der Waals surface area contributed by atoms with Crippen LogP contribution in [0.25, 0.3) is 0 Å². The SMILES string of the molecule is CCCC(C)CC(C(C)C(C)C)C(C)C(C)CC. The van der Waals surface area contributed by atoms with E-state index in [1.54, 1.807) is 0 Å². The molecule has 0 radical (unpaired) electrons. The van der Waals surface area contributed by atoms with Gasteiger partial charge in [-0.1, -0.05) is 74.7 Å². The minimum absolute atomic E-state index is 0.815. The Kier molecular flexibility index (Phi) is 8.99. The molecule has 0 N–H and O–H groups in total. The van der Waals surface area contributed by atoms with E-state index in [0.717, 1.165) is 35.5 Å². The van der Waals surface area contributed by atoms with Gasteiger partial charge in [-0.05, 0) is 41.9 Å². The summed E-state index contributed by atoms with van der Waals surface area (Å²) in [4.78, 5) is 0. The highest BCUT2D eigenvalue weighted by molar-refractivity contribution is 4.78. The van der Waals surface area contributed by atoms with E-state index in [0.29, 0.717) is 0 Å². The van der Waals surface area contributed by atoms with Gasteiger partial charge in [0.2, 0.25) is 0 Å². The summed E-state index contributed by atoms with van der Waals surface area (Å²) in [6, 6.07) is 0. The first kappa shape index (κ1) is 18.0. The standard InChI is InChI=1S/C18H38/c1-9-11-14(5)12-18(16(7)13(3)4)17(8)15(6)10-2/h13-18H,9-12H2,1-8H3. The molecule has 0 heterocycles. The van der Waals surface area contributed by atoms with Crippen molar-refractivity contribution in [2.75, 3.05) is 0 Å². The second-order valence-corrected chi connectivity index (χ2v) is 7.14. The van der Waals surface area contributed by atoms with Crippen LogP contribution in [0, 0.1) is 35.5 Å². The Morgan fingerprint density at radius 1 is 0.778 bits per heavy atom. The van der Waals surface area contributed by atoms with E-state index in [2.05, 4.69) is 55.4 Å². The molecule has 0 aromatic rings. The maximum atomic E-state index is 2.50. The van der Waals surface area contributed by atoms with E-state index in [9.17, 15) is 0 Å². The van der Waals surface area contributed by atoms with Crippen molar-refractivity contribution < 1.29 is 0 Å². The molecule has 0 aromatic carbocycles. The zero-order valence-corrected chi connectivity index (χ0v) is 14.3. The molecule has 0 rings (SSSR count). The van der Waals surface area contributed by atoms with Crippen LogP contribution in [-0.4, -0.2) is 0 Å². The Morgan fingerprint density at radius 2 is 1.33 bits per heavy atom. The van der Waals surface area contributed by atoms with Gasteiger partial charge in [0.15, 0.2) is 0 Å². The van der Waals surface area contributed by atoms with Gasteiger partial charge in [-0.3, -0.25) is 0 Å². The molecule has 0 amide bonds. The molecule has 0 saturated heterocycles. The number of hydrogen-bond donors (Lipinski definition) is 0. The van der Waals surface area contributed by atoms with Crippen molar-refractivity contribution in [1.29, 1.82) is 0 Å². The lowest BCUT2D eigenvalue weighted by atomic mass is 9.69. The van der Waals surface area contributed by atoms with Crippen LogP contribution in [0.1, 0.15) is 81.1 Å². The Balaban J connectivity index is 4.71. The first-order valence-corrected chi connectivity index (χ1v) is 8.34. The molecule has 0 heteroatoms. The fraction of sp³-hybridized carbons (Fsp3) is 1.00. The molecule has 5 atom stereocenters. The molecule has 0 nitrogen and oxygen atoms in total. The molecule has 0 bridgehead atoms. The van der Waals surface area contributed by atoms with Crippen LogP contribution in [-0.2, 0) is 0 Å². The molecule has 0 spiro atoms. The molecule has 0 saturated carbocycles. The summed E-state index contributed by atoms with van der Waals surface area (Å²) in [5, 5.41) is 0. The smallest absolute Gasteiger partial charge is 0.0355 e. The van der Waals surface area contributed by atoms with Gasteiger partial charge >= 0.3 is 0 Å². The molecule has 0 aliphatic rings. The van der Waals surface area contributed by atoms with Crippen LogP contribution in [0.3, 0.4) is 0 Å². The van der Waals surface area contributed by atoms with Crippen molar-refractivity contribution in [1.82, 2.24) is 0 Å². The van der Waals surface area contributed by atoms with Gasteiger partial charge in [0, 0.05) is 0 Å². The summed E-state index contributed by atoms with van der Waals surface area (Å²) in [5.41, 5.74) is 0. The maximum absolute atomic E-state index is 2.50. The normalized spacial score (nSPS) is 20.5. The van der Waals surface area contributed by atoms with E-state index in [-0.39, 0.29) is 0 Å². The van der Waals surface area contributed by atoms with Crippen LogP contribution in [0.5, 0.6) is 0 Å². The maximum Gasteiger partial charge on any atom is -0.0355 e. The predicted molar refractivity (Wildman–Crippen MR) is 84.8 cm³/mol. The van der Waals surface area contributed by atoms with Crippen LogP contribution < -0.4 is 0 Å². The van der Waals surface area contributed by atoms with E-state index >= 15 is 0 Å². The number of rotatable bonds is 9.